The van der Waals surface area contributed by atoms with Crippen LogP contribution in [0.3, 0.4) is 0 Å². The first kappa shape index (κ1) is 30.9. The van der Waals surface area contributed by atoms with Crippen molar-refractivity contribution in [2.75, 3.05) is 26.2 Å². The average molecular weight is 555 g/mol. The number of rotatable bonds is 10. The van der Waals surface area contributed by atoms with E-state index in [2.05, 4.69) is 10.2 Å². The molecule has 1 aromatic rings. The molecule has 39 heavy (non-hydrogen) atoms. The Labute approximate surface area is 228 Å². The van der Waals surface area contributed by atoms with Crippen molar-refractivity contribution in [1.29, 1.82) is 0 Å². The molecule has 2 aliphatic rings. The molecule has 2 atom stereocenters. The average Bonchev–Trinajstić information content (AvgIpc) is 2.91. The smallest absolute Gasteiger partial charge is 0.245 e. The largest absolute Gasteiger partial charge is 0.344 e. The summed E-state index contributed by atoms with van der Waals surface area (Å²) in [7, 11) is 0. The van der Waals surface area contributed by atoms with Gasteiger partial charge < -0.3 is 10.2 Å². The predicted octanol–water partition coefficient (Wildman–Crippen LogP) is 3.64. The van der Waals surface area contributed by atoms with E-state index in [4.69, 9.17) is 0 Å². The molecule has 1 aromatic carbocycles. The van der Waals surface area contributed by atoms with Crippen molar-refractivity contribution in [3.63, 3.8) is 0 Å². The summed E-state index contributed by atoms with van der Waals surface area (Å²) in [6, 6.07) is -0.137. The van der Waals surface area contributed by atoms with Crippen molar-refractivity contribution >= 4 is 18.2 Å². The van der Waals surface area contributed by atoms with Gasteiger partial charge in [0.15, 0.2) is 11.6 Å². The van der Waals surface area contributed by atoms with E-state index >= 15 is 0 Å². The number of carbonyl (C=O) groups is 3. The molecule has 11 heteroatoms. The molecule has 8 nitrogen and oxygen atoms in total. The number of halogens is 3. The summed E-state index contributed by atoms with van der Waals surface area (Å²) in [5.74, 6) is -4.11. The number of hydrogen-bond donors (Lipinski definition) is 2. The molecular weight excluding hydrogens is 513 g/mol. The number of fused-ring (bicyclic) bond motifs is 1. The lowest BCUT2D eigenvalue weighted by Gasteiger charge is -2.42. The number of nitrogens with one attached hydrogen (secondary N) is 1. The van der Waals surface area contributed by atoms with Crippen LogP contribution in [0.15, 0.2) is 6.07 Å². The zero-order chi connectivity index (χ0) is 28.9. The van der Waals surface area contributed by atoms with Gasteiger partial charge in [-0.15, -0.1) is 0 Å². The molecule has 0 aliphatic carbocycles. The first-order valence-corrected chi connectivity index (χ1v) is 13.8. The second-order valence-electron chi connectivity index (χ2n) is 11.8. The molecular formula is C28H41F3N4O4. The Kier molecular flexibility index (Phi) is 10.4. The quantitative estimate of drug-likeness (QED) is 0.199. The number of amides is 3. The molecule has 0 aromatic heterocycles. The second-order valence-corrected chi connectivity index (χ2v) is 11.8. The summed E-state index contributed by atoms with van der Waals surface area (Å²) in [5.41, 5.74) is -0.284. The number of carbonyl (C=O) groups excluding carboxylic acids is 3. The maximum Gasteiger partial charge on any atom is 0.245 e. The number of hydrogen-bond acceptors (Lipinski definition) is 5. The van der Waals surface area contributed by atoms with Gasteiger partial charge in [0, 0.05) is 43.9 Å². The Morgan fingerprint density at radius 1 is 1.15 bits per heavy atom. The topological polar surface area (TPSA) is 93.2 Å². The van der Waals surface area contributed by atoms with Crippen LogP contribution in [0.25, 0.3) is 0 Å². The van der Waals surface area contributed by atoms with E-state index in [9.17, 15) is 32.8 Å². The van der Waals surface area contributed by atoms with Gasteiger partial charge in [0.1, 0.15) is 11.9 Å². The van der Waals surface area contributed by atoms with Crippen LogP contribution in [0, 0.1) is 28.8 Å². The maximum absolute atomic E-state index is 14.4. The molecule has 0 radical (unpaired) electrons. The lowest BCUT2D eigenvalue weighted by molar-refractivity contribution is -0.155. The monoisotopic (exact) mass is 554 g/mol. The molecule has 3 amide bonds. The Hall–Kier alpha value is -2.66. The lowest BCUT2D eigenvalue weighted by Crippen LogP contribution is -2.58. The predicted molar refractivity (Wildman–Crippen MR) is 139 cm³/mol. The first-order valence-electron chi connectivity index (χ1n) is 13.8. The van der Waals surface area contributed by atoms with Gasteiger partial charge >= 0.3 is 0 Å². The van der Waals surface area contributed by atoms with E-state index in [0.717, 1.165) is 12.8 Å². The van der Waals surface area contributed by atoms with Crippen LogP contribution in [-0.4, -0.2) is 76.6 Å². The van der Waals surface area contributed by atoms with Gasteiger partial charge in [-0.3, -0.25) is 24.5 Å². The third kappa shape index (κ3) is 7.51. The summed E-state index contributed by atoms with van der Waals surface area (Å²) < 4.78 is 42.2. The number of benzene rings is 1. The summed E-state index contributed by atoms with van der Waals surface area (Å²) in [6.07, 6.45) is 3.80. The van der Waals surface area contributed by atoms with Crippen molar-refractivity contribution in [3.05, 3.63) is 34.6 Å². The van der Waals surface area contributed by atoms with Crippen LogP contribution in [0.4, 0.5) is 13.2 Å². The third-order valence-corrected chi connectivity index (χ3v) is 7.89. The second kappa shape index (κ2) is 13.1. The van der Waals surface area contributed by atoms with Crippen molar-refractivity contribution in [2.45, 2.75) is 84.8 Å². The molecule has 0 bridgehead atoms. The van der Waals surface area contributed by atoms with E-state index < -0.39 is 34.8 Å². The summed E-state index contributed by atoms with van der Waals surface area (Å²) in [6.45, 7) is 9.01. The highest BCUT2D eigenvalue weighted by Gasteiger charge is 2.39. The molecule has 0 saturated carbocycles. The van der Waals surface area contributed by atoms with Crippen LogP contribution >= 0.6 is 0 Å². The number of hydroxylamine groups is 2. The van der Waals surface area contributed by atoms with Crippen LogP contribution in [0.2, 0.25) is 0 Å². The van der Waals surface area contributed by atoms with Crippen LogP contribution in [0.5, 0.6) is 0 Å². The number of piperidine rings is 1. The normalized spacial score (nSPS) is 18.3. The SMILES string of the molecule is CCCC[C@H](CN(O)C=O)C(=O)N[C@H](C(=O)N1CCC(N2CCc3c(F)c(F)cc(F)c3C2)CC1)C(C)(C)C. The van der Waals surface area contributed by atoms with E-state index in [1.54, 1.807) is 4.90 Å². The van der Waals surface area contributed by atoms with Gasteiger partial charge in [-0.05, 0) is 36.7 Å². The Balaban J connectivity index is 1.64. The fourth-order valence-electron chi connectivity index (χ4n) is 5.53. The van der Waals surface area contributed by atoms with Gasteiger partial charge in [0.2, 0.25) is 18.2 Å². The van der Waals surface area contributed by atoms with Gasteiger partial charge in [-0.2, -0.15) is 0 Å². The van der Waals surface area contributed by atoms with Crippen LogP contribution in [0.1, 0.15) is 70.9 Å². The fraction of sp³-hybridized carbons (Fsp3) is 0.679. The van der Waals surface area contributed by atoms with Crippen molar-refractivity contribution in [2.24, 2.45) is 11.3 Å². The Bertz CT molecular complexity index is 1040. The van der Waals surface area contributed by atoms with Crippen molar-refractivity contribution in [1.82, 2.24) is 20.2 Å². The molecule has 2 heterocycles. The molecule has 3 rings (SSSR count). The van der Waals surface area contributed by atoms with Gasteiger partial charge in [-0.25, -0.2) is 18.2 Å². The minimum Gasteiger partial charge on any atom is -0.344 e. The van der Waals surface area contributed by atoms with Gasteiger partial charge in [0.05, 0.1) is 12.5 Å². The van der Waals surface area contributed by atoms with Crippen molar-refractivity contribution < 1.29 is 32.8 Å². The van der Waals surface area contributed by atoms with Crippen LogP contribution in [-0.2, 0) is 27.3 Å². The fourth-order valence-corrected chi connectivity index (χ4v) is 5.53. The number of unbranched alkanes of at least 4 members (excludes halogenated alkanes) is 1. The number of nitrogens with zero attached hydrogens (tertiary/aromatic N) is 3. The minimum absolute atomic E-state index is 0.0645. The molecule has 218 valence electrons. The third-order valence-electron chi connectivity index (χ3n) is 7.89. The molecule has 1 fully saturated rings. The highest BCUT2D eigenvalue weighted by atomic mass is 19.2. The van der Waals surface area contributed by atoms with Crippen LogP contribution < -0.4 is 5.32 Å². The molecule has 1 saturated heterocycles. The maximum atomic E-state index is 14.4. The first-order chi connectivity index (χ1) is 18.4. The lowest BCUT2D eigenvalue weighted by atomic mass is 9.84. The summed E-state index contributed by atoms with van der Waals surface area (Å²) >= 11 is 0. The highest BCUT2D eigenvalue weighted by molar-refractivity contribution is 5.89. The Morgan fingerprint density at radius 3 is 2.41 bits per heavy atom. The molecule has 0 unspecified atom stereocenters. The highest BCUT2D eigenvalue weighted by Crippen LogP contribution is 2.30. The van der Waals surface area contributed by atoms with Crippen molar-refractivity contribution in [3.8, 4) is 0 Å². The molecule has 0 spiro atoms. The minimum atomic E-state index is -1.17. The standard InChI is InChI=1S/C28H41F3N4O4/c1-5-6-7-18(15-35(39)17-36)26(37)32-25(28(2,3)4)27(38)33-11-8-19(9-12-33)34-13-10-20-21(16-34)22(29)14-23(30)24(20)31/h14,17-19,25,39H,5-13,15-16H2,1-4H3,(H,32,37)/t18-,25-/m1/s1. The number of likely N-dealkylation sites (tertiary alicyclic amines) is 1. The molecule has 2 aliphatic heterocycles. The summed E-state index contributed by atoms with van der Waals surface area (Å²) in [4.78, 5) is 41.5. The zero-order valence-electron chi connectivity index (χ0n) is 23.3. The van der Waals surface area contributed by atoms with Gasteiger partial charge in [-0.1, -0.05) is 40.5 Å². The molecule has 2 N–H and O–H groups in total. The Morgan fingerprint density at radius 2 is 1.82 bits per heavy atom. The summed E-state index contributed by atoms with van der Waals surface area (Å²) in [5, 5.41) is 13.0. The van der Waals surface area contributed by atoms with E-state index in [0.29, 0.717) is 50.0 Å². The van der Waals surface area contributed by atoms with E-state index in [1.807, 2.05) is 27.7 Å². The van der Waals surface area contributed by atoms with E-state index in [1.165, 1.54) is 0 Å². The zero-order valence-corrected chi connectivity index (χ0v) is 23.3. The van der Waals surface area contributed by atoms with Gasteiger partial charge in [0.25, 0.3) is 0 Å². The van der Waals surface area contributed by atoms with E-state index in [-0.39, 0.29) is 54.9 Å².